The van der Waals surface area contributed by atoms with Crippen LogP contribution in [0.3, 0.4) is 0 Å². The monoisotopic (exact) mass is 217 g/mol. The van der Waals surface area contributed by atoms with Gasteiger partial charge in [0.05, 0.1) is 0 Å². The van der Waals surface area contributed by atoms with Crippen LogP contribution in [0.1, 0.15) is 18.4 Å². The first-order chi connectivity index (χ1) is 7.70. The van der Waals surface area contributed by atoms with Crippen molar-refractivity contribution in [3.8, 4) is 0 Å². The molecular formula is C11H15N5. The smallest absolute Gasteiger partial charge is 0.243 e. The number of nitrogens with one attached hydrogen (secondary N) is 1. The highest BCUT2D eigenvalue weighted by molar-refractivity contribution is 5.45. The number of nitrogens with zero attached hydrogens (tertiary/aromatic N) is 3. The van der Waals surface area contributed by atoms with E-state index in [9.17, 15) is 0 Å². The molecule has 2 heterocycles. The third kappa shape index (κ3) is 1.63. The lowest BCUT2D eigenvalue weighted by Gasteiger charge is -2.32. The number of hydrogen-bond acceptors (Lipinski definition) is 4. The molecule has 2 aromatic heterocycles. The largest absolute Gasteiger partial charge is 0.350 e. The van der Waals surface area contributed by atoms with Crippen molar-refractivity contribution in [1.29, 1.82) is 0 Å². The molecule has 0 radical (unpaired) electrons. The zero-order chi connectivity index (χ0) is 11.1. The standard InChI is InChI=1S/C11H15N5/c1-7-2-3-16-10(4-7)14-11(15-16)13-9-5-8(12)6-9/h2-4,8-9H,5-6,12H2,1H3,(H,13,15). The average Bonchev–Trinajstić information content (AvgIpc) is 2.57. The second kappa shape index (κ2) is 3.45. The number of nitrogens with two attached hydrogens (primary N) is 1. The van der Waals surface area contributed by atoms with Crippen LogP contribution in [0.2, 0.25) is 0 Å². The van der Waals surface area contributed by atoms with Gasteiger partial charge in [0.2, 0.25) is 5.95 Å². The summed E-state index contributed by atoms with van der Waals surface area (Å²) in [5.41, 5.74) is 7.80. The van der Waals surface area contributed by atoms with Gasteiger partial charge >= 0.3 is 0 Å². The predicted molar refractivity (Wildman–Crippen MR) is 62.3 cm³/mol. The molecule has 0 atom stereocenters. The minimum atomic E-state index is 0.344. The highest BCUT2D eigenvalue weighted by Crippen LogP contribution is 2.21. The summed E-state index contributed by atoms with van der Waals surface area (Å²) in [4.78, 5) is 4.42. The van der Waals surface area contributed by atoms with Crippen molar-refractivity contribution < 1.29 is 0 Å². The maximum absolute atomic E-state index is 5.73. The van der Waals surface area contributed by atoms with Gasteiger partial charge in [-0.1, -0.05) is 0 Å². The molecule has 3 rings (SSSR count). The molecule has 1 fully saturated rings. The normalized spacial score (nSPS) is 24.4. The number of aryl methyl sites for hydroxylation is 1. The predicted octanol–water partition coefficient (Wildman–Crippen LogP) is 0.939. The van der Waals surface area contributed by atoms with E-state index in [-0.39, 0.29) is 0 Å². The molecular weight excluding hydrogens is 202 g/mol. The van der Waals surface area contributed by atoms with E-state index in [2.05, 4.69) is 15.4 Å². The third-order valence-corrected chi connectivity index (χ3v) is 3.00. The van der Waals surface area contributed by atoms with Gasteiger partial charge in [-0.3, -0.25) is 0 Å². The average molecular weight is 217 g/mol. The van der Waals surface area contributed by atoms with E-state index in [0.717, 1.165) is 18.5 Å². The molecule has 1 aliphatic carbocycles. The van der Waals surface area contributed by atoms with E-state index < -0.39 is 0 Å². The first-order valence-corrected chi connectivity index (χ1v) is 5.56. The third-order valence-electron chi connectivity index (χ3n) is 3.00. The summed E-state index contributed by atoms with van der Waals surface area (Å²) >= 11 is 0. The number of rotatable bonds is 2. The Kier molecular flexibility index (Phi) is 2.07. The van der Waals surface area contributed by atoms with Crippen molar-refractivity contribution in [2.24, 2.45) is 5.73 Å². The van der Waals surface area contributed by atoms with E-state index in [0.29, 0.717) is 18.0 Å². The fraction of sp³-hybridized carbons (Fsp3) is 0.455. The van der Waals surface area contributed by atoms with Crippen LogP contribution in [0.25, 0.3) is 5.65 Å². The zero-order valence-corrected chi connectivity index (χ0v) is 9.22. The Morgan fingerprint density at radius 2 is 2.31 bits per heavy atom. The number of aromatic nitrogens is 3. The fourth-order valence-electron chi connectivity index (χ4n) is 2.01. The second-order valence-corrected chi connectivity index (χ2v) is 4.52. The molecule has 1 aliphatic rings. The molecule has 84 valence electrons. The molecule has 0 saturated heterocycles. The van der Waals surface area contributed by atoms with Crippen molar-refractivity contribution in [1.82, 2.24) is 14.6 Å². The van der Waals surface area contributed by atoms with Gasteiger partial charge in [0.1, 0.15) is 0 Å². The van der Waals surface area contributed by atoms with E-state index in [1.807, 2.05) is 25.3 Å². The van der Waals surface area contributed by atoms with Crippen molar-refractivity contribution in [2.45, 2.75) is 31.8 Å². The second-order valence-electron chi connectivity index (χ2n) is 4.52. The van der Waals surface area contributed by atoms with Crippen molar-refractivity contribution in [2.75, 3.05) is 5.32 Å². The summed E-state index contributed by atoms with van der Waals surface area (Å²) in [6.07, 6.45) is 3.94. The topological polar surface area (TPSA) is 68.2 Å². The van der Waals surface area contributed by atoms with Crippen LogP contribution in [0, 0.1) is 6.92 Å². The lowest BCUT2D eigenvalue weighted by molar-refractivity contribution is 0.372. The molecule has 0 aliphatic heterocycles. The first kappa shape index (κ1) is 9.59. The summed E-state index contributed by atoms with van der Waals surface area (Å²) in [5, 5.41) is 7.65. The molecule has 0 aromatic carbocycles. The van der Waals surface area contributed by atoms with Crippen LogP contribution < -0.4 is 11.1 Å². The quantitative estimate of drug-likeness (QED) is 0.785. The number of fused-ring (bicyclic) bond motifs is 1. The lowest BCUT2D eigenvalue weighted by Crippen LogP contribution is -2.44. The summed E-state index contributed by atoms with van der Waals surface area (Å²) in [6.45, 7) is 2.05. The Bertz CT molecular complexity index is 512. The van der Waals surface area contributed by atoms with Gasteiger partial charge in [0.15, 0.2) is 5.65 Å². The summed E-state index contributed by atoms with van der Waals surface area (Å²) in [7, 11) is 0. The van der Waals surface area contributed by atoms with Gasteiger partial charge in [0.25, 0.3) is 0 Å². The van der Waals surface area contributed by atoms with Crippen molar-refractivity contribution in [3.63, 3.8) is 0 Å². The van der Waals surface area contributed by atoms with Gasteiger partial charge in [-0.15, -0.1) is 5.10 Å². The Morgan fingerprint density at radius 1 is 1.50 bits per heavy atom. The molecule has 0 bridgehead atoms. The van der Waals surface area contributed by atoms with Gasteiger partial charge in [-0.2, -0.15) is 4.98 Å². The molecule has 3 N–H and O–H groups in total. The van der Waals surface area contributed by atoms with Crippen molar-refractivity contribution >= 4 is 11.6 Å². The van der Waals surface area contributed by atoms with Gasteiger partial charge in [-0.25, -0.2) is 4.52 Å². The van der Waals surface area contributed by atoms with Crippen molar-refractivity contribution in [3.05, 3.63) is 23.9 Å². The molecule has 16 heavy (non-hydrogen) atoms. The van der Waals surface area contributed by atoms with Crippen LogP contribution in [-0.4, -0.2) is 26.7 Å². The Hall–Kier alpha value is -1.62. The highest BCUT2D eigenvalue weighted by Gasteiger charge is 2.26. The Balaban J connectivity index is 1.82. The minimum Gasteiger partial charge on any atom is -0.350 e. The first-order valence-electron chi connectivity index (χ1n) is 5.56. The fourth-order valence-corrected chi connectivity index (χ4v) is 2.01. The van der Waals surface area contributed by atoms with Crippen LogP contribution >= 0.6 is 0 Å². The maximum Gasteiger partial charge on any atom is 0.243 e. The zero-order valence-electron chi connectivity index (χ0n) is 9.22. The molecule has 5 heteroatoms. The van der Waals surface area contributed by atoms with Crippen LogP contribution in [0.4, 0.5) is 5.95 Å². The SMILES string of the molecule is Cc1ccn2nc(NC3CC(N)C3)nc2c1. The molecule has 0 unspecified atom stereocenters. The van der Waals surface area contributed by atoms with Gasteiger partial charge in [-0.05, 0) is 37.5 Å². The van der Waals surface area contributed by atoms with Crippen LogP contribution in [0.15, 0.2) is 18.3 Å². The molecule has 2 aromatic rings. The minimum absolute atomic E-state index is 0.344. The highest BCUT2D eigenvalue weighted by atomic mass is 15.3. The number of pyridine rings is 1. The molecule has 0 spiro atoms. The summed E-state index contributed by atoms with van der Waals surface area (Å²) in [5.74, 6) is 0.697. The molecule has 5 nitrogen and oxygen atoms in total. The molecule has 0 amide bonds. The summed E-state index contributed by atoms with van der Waals surface area (Å²) in [6, 6.07) is 4.82. The number of anilines is 1. The Morgan fingerprint density at radius 3 is 3.06 bits per heavy atom. The van der Waals surface area contributed by atoms with E-state index in [1.165, 1.54) is 5.56 Å². The van der Waals surface area contributed by atoms with Gasteiger partial charge < -0.3 is 11.1 Å². The van der Waals surface area contributed by atoms with Crippen LogP contribution in [0.5, 0.6) is 0 Å². The molecule has 1 saturated carbocycles. The summed E-state index contributed by atoms with van der Waals surface area (Å²) < 4.78 is 1.79. The number of hydrogen-bond donors (Lipinski definition) is 2. The van der Waals surface area contributed by atoms with E-state index in [1.54, 1.807) is 4.52 Å². The van der Waals surface area contributed by atoms with Crippen LogP contribution in [-0.2, 0) is 0 Å². The maximum atomic E-state index is 5.73. The lowest BCUT2D eigenvalue weighted by atomic mass is 9.88. The Labute approximate surface area is 93.7 Å². The van der Waals surface area contributed by atoms with Gasteiger partial charge in [0, 0.05) is 18.3 Å². The van der Waals surface area contributed by atoms with E-state index in [4.69, 9.17) is 5.73 Å². The van der Waals surface area contributed by atoms with E-state index >= 15 is 0 Å².